The van der Waals surface area contributed by atoms with Crippen LogP contribution in [0.2, 0.25) is 0 Å². The summed E-state index contributed by atoms with van der Waals surface area (Å²) in [7, 11) is 1.48. The maximum Gasteiger partial charge on any atom is 0.321 e. The zero-order chi connectivity index (χ0) is 26.9. The molecule has 0 bridgehead atoms. The van der Waals surface area contributed by atoms with Gasteiger partial charge in [-0.25, -0.2) is 0 Å². The van der Waals surface area contributed by atoms with E-state index in [1.165, 1.54) is 12.7 Å². The van der Waals surface area contributed by atoms with Crippen molar-refractivity contribution < 1.29 is 14.3 Å². The summed E-state index contributed by atoms with van der Waals surface area (Å²) in [5.74, 6) is -0.324. The van der Waals surface area contributed by atoms with Crippen LogP contribution in [0.3, 0.4) is 0 Å². The number of nitrogens with zero attached hydrogens (tertiary/aromatic N) is 1. The number of benzene rings is 2. The van der Waals surface area contributed by atoms with Gasteiger partial charge in [-0.05, 0) is 45.1 Å². The van der Waals surface area contributed by atoms with E-state index in [4.69, 9.17) is 4.74 Å². The first-order chi connectivity index (χ1) is 16.6. The molecule has 0 saturated carbocycles. The van der Waals surface area contributed by atoms with Crippen molar-refractivity contribution in [1.29, 1.82) is 0 Å². The maximum absolute atomic E-state index is 14.5. The molecular formula is C32H41NO3. The van der Waals surface area contributed by atoms with Crippen LogP contribution in [0.4, 0.5) is 0 Å². The van der Waals surface area contributed by atoms with Crippen LogP contribution in [-0.2, 0) is 9.53 Å². The Morgan fingerprint density at radius 1 is 0.750 bits per heavy atom. The molecule has 0 unspecified atom stereocenters. The first-order valence-corrected chi connectivity index (χ1v) is 12.9. The number of hydrogen-bond donors (Lipinski definition) is 0. The molecule has 1 saturated heterocycles. The lowest BCUT2D eigenvalue weighted by molar-refractivity contribution is -0.245. The fourth-order valence-corrected chi connectivity index (χ4v) is 7.42. The Bertz CT molecular complexity index is 1210. The van der Waals surface area contributed by atoms with Crippen molar-refractivity contribution in [3.8, 4) is 0 Å². The van der Waals surface area contributed by atoms with E-state index in [9.17, 15) is 9.59 Å². The van der Waals surface area contributed by atoms with Crippen LogP contribution in [0.1, 0.15) is 84.3 Å². The van der Waals surface area contributed by atoms with Crippen LogP contribution >= 0.6 is 0 Å². The molecule has 1 amide bonds. The van der Waals surface area contributed by atoms with Gasteiger partial charge in [0.2, 0.25) is 0 Å². The van der Waals surface area contributed by atoms with Crippen molar-refractivity contribution in [2.45, 2.75) is 73.9 Å². The zero-order valence-corrected chi connectivity index (χ0v) is 23.5. The topological polar surface area (TPSA) is 46.6 Å². The van der Waals surface area contributed by atoms with Gasteiger partial charge in [-0.15, -0.1) is 0 Å². The molecule has 2 aromatic carbocycles. The van der Waals surface area contributed by atoms with Gasteiger partial charge in [0.25, 0.3) is 5.91 Å². The second-order valence-electron chi connectivity index (χ2n) is 13.4. The number of fused-ring (bicyclic) bond motifs is 1. The number of carbonyl (C=O) groups is 2. The number of likely N-dealkylation sites (tertiary alicyclic amines) is 1. The lowest BCUT2D eigenvalue weighted by atomic mass is 9.29. The first kappa shape index (κ1) is 26.2. The van der Waals surface area contributed by atoms with E-state index in [0.717, 1.165) is 11.1 Å². The average molecular weight is 488 g/mol. The highest BCUT2D eigenvalue weighted by Gasteiger charge is 2.89. The van der Waals surface area contributed by atoms with Crippen LogP contribution in [0, 0.1) is 21.7 Å². The van der Waals surface area contributed by atoms with Crippen LogP contribution in [0.5, 0.6) is 0 Å². The van der Waals surface area contributed by atoms with Crippen molar-refractivity contribution in [2.75, 3.05) is 7.11 Å². The fourth-order valence-electron chi connectivity index (χ4n) is 7.42. The molecule has 1 aliphatic carbocycles. The van der Waals surface area contributed by atoms with E-state index < -0.39 is 22.4 Å². The lowest BCUT2D eigenvalue weighted by Gasteiger charge is -2.83. The number of rotatable bonds is 3. The number of amides is 1. The molecule has 4 heteroatoms. The van der Waals surface area contributed by atoms with Gasteiger partial charge in [0.15, 0.2) is 0 Å². The van der Waals surface area contributed by atoms with E-state index in [1.54, 1.807) is 0 Å². The van der Waals surface area contributed by atoms with Gasteiger partial charge in [0.05, 0.1) is 18.7 Å². The molecule has 0 aromatic heterocycles. The molecular weight excluding hydrogens is 446 g/mol. The number of ether oxygens (including phenoxy) is 1. The van der Waals surface area contributed by atoms with E-state index in [1.807, 2.05) is 65.6 Å². The van der Waals surface area contributed by atoms with Crippen molar-refractivity contribution in [1.82, 2.24) is 4.90 Å². The summed E-state index contributed by atoms with van der Waals surface area (Å²) in [6.07, 6.45) is 0. The molecule has 1 fully saturated rings. The second kappa shape index (κ2) is 8.06. The Kier molecular flexibility index (Phi) is 5.86. The van der Waals surface area contributed by atoms with Gasteiger partial charge in [0.1, 0.15) is 5.41 Å². The third-order valence-corrected chi connectivity index (χ3v) is 8.05. The van der Waals surface area contributed by atoms with Crippen LogP contribution in [0.25, 0.3) is 0 Å². The predicted octanol–water partition coefficient (Wildman–Crippen LogP) is 7.23. The Morgan fingerprint density at radius 3 is 1.64 bits per heavy atom. The maximum atomic E-state index is 14.5. The molecule has 2 aliphatic rings. The Hall–Kier alpha value is -2.88. The van der Waals surface area contributed by atoms with Gasteiger partial charge in [0, 0.05) is 5.56 Å². The van der Waals surface area contributed by atoms with Gasteiger partial charge in [-0.3, -0.25) is 9.59 Å². The smallest absolute Gasteiger partial charge is 0.321 e. The Labute approximate surface area is 216 Å². The number of carbonyl (C=O) groups excluding carboxylic acids is 2. The van der Waals surface area contributed by atoms with Gasteiger partial charge >= 0.3 is 5.97 Å². The van der Waals surface area contributed by atoms with Crippen LogP contribution < -0.4 is 0 Å². The Morgan fingerprint density at radius 2 is 1.22 bits per heavy atom. The molecule has 2 aromatic rings. The zero-order valence-electron chi connectivity index (χ0n) is 23.5. The summed E-state index contributed by atoms with van der Waals surface area (Å²) in [5.41, 5.74) is 0.986. The SMILES string of the molecule is COC(=O)[C@]12C(C(C)(C)C)=C(C(C)(C)C)[C@@]1(C(C)(C)C)N(C(=O)c1ccccc1)[C@H]2c1ccccc1. The summed E-state index contributed by atoms with van der Waals surface area (Å²) in [5, 5.41) is 0. The van der Waals surface area contributed by atoms with Gasteiger partial charge in [-0.1, -0.05) is 111 Å². The predicted molar refractivity (Wildman–Crippen MR) is 144 cm³/mol. The number of esters is 1. The van der Waals surface area contributed by atoms with Gasteiger partial charge < -0.3 is 9.64 Å². The summed E-state index contributed by atoms with van der Waals surface area (Å²) < 4.78 is 5.66. The lowest BCUT2D eigenvalue weighted by Crippen LogP contribution is -2.90. The molecule has 4 rings (SSSR count). The fraction of sp³-hybridized carbons (Fsp3) is 0.500. The highest BCUT2D eigenvalue weighted by atomic mass is 16.5. The Balaban J connectivity index is 2.19. The molecule has 4 nitrogen and oxygen atoms in total. The van der Waals surface area contributed by atoms with Crippen molar-refractivity contribution in [2.24, 2.45) is 21.7 Å². The van der Waals surface area contributed by atoms with E-state index >= 15 is 0 Å². The number of hydrogen-bond acceptors (Lipinski definition) is 3. The summed E-state index contributed by atoms with van der Waals surface area (Å²) in [6.45, 7) is 19.6. The van der Waals surface area contributed by atoms with Crippen LogP contribution in [0.15, 0.2) is 71.8 Å². The molecule has 192 valence electrons. The minimum absolute atomic E-state index is 0.0615. The van der Waals surface area contributed by atoms with E-state index in [0.29, 0.717) is 5.56 Å². The highest BCUT2D eigenvalue weighted by Crippen LogP contribution is 2.83. The summed E-state index contributed by atoms with van der Waals surface area (Å²) in [4.78, 5) is 30.8. The van der Waals surface area contributed by atoms with Gasteiger partial charge in [-0.2, -0.15) is 0 Å². The standard InChI is InChI=1S/C32H41NO3/c1-28(2,3)23-24(29(4,5)6)32(30(7,8)9)31(23,27(35)36-10)25(21-17-13-11-14-18-21)33(32)26(34)22-19-15-12-16-20-22/h11-20,25H,1-10H3/t25-,31+,32-/m0/s1. The van der Waals surface area contributed by atoms with E-state index in [-0.39, 0.29) is 22.7 Å². The number of methoxy groups -OCH3 is 1. The quantitative estimate of drug-likeness (QED) is 0.339. The highest BCUT2D eigenvalue weighted by molar-refractivity contribution is 6.03. The van der Waals surface area contributed by atoms with Crippen molar-refractivity contribution in [3.05, 3.63) is 82.9 Å². The molecule has 0 radical (unpaired) electrons. The monoisotopic (exact) mass is 487 g/mol. The minimum atomic E-state index is -0.993. The van der Waals surface area contributed by atoms with Crippen molar-refractivity contribution >= 4 is 11.9 Å². The minimum Gasteiger partial charge on any atom is -0.468 e. The molecule has 0 spiro atoms. The normalized spacial score (nSPS) is 26.1. The summed E-state index contributed by atoms with van der Waals surface area (Å²) in [6, 6.07) is 18.9. The molecule has 1 heterocycles. The van der Waals surface area contributed by atoms with Crippen LogP contribution in [-0.4, -0.2) is 29.4 Å². The molecule has 0 N–H and O–H groups in total. The largest absolute Gasteiger partial charge is 0.468 e. The molecule has 3 atom stereocenters. The first-order valence-electron chi connectivity index (χ1n) is 12.9. The third kappa shape index (κ3) is 3.12. The second-order valence-corrected chi connectivity index (χ2v) is 13.4. The van der Waals surface area contributed by atoms with Crippen molar-refractivity contribution in [3.63, 3.8) is 0 Å². The third-order valence-electron chi connectivity index (χ3n) is 8.05. The average Bonchev–Trinajstić information content (AvgIpc) is 2.77. The van der Waals surface area contributed by atoms with E-state index in [2.05, 4.69) is 62.3 Å². The molecule has 36 heavy (non-hydrogen) atoms. The summed E-state index contributed by atoms with van der Waals surface area (Å²) >= 11 is 0. The molecule has 1 aliphatic heterocycles.